The normalized spacial score (nSPS) is 12.6. The van der Waals surface area contributed by atoms with Gasteiger partial charge in [0.15, 0.2) is 0 Å². The van der Waals surface area contributed by atoms with Gasteiger partial charge in [-0.15, -0.1) is 0 Å². The van der Waals surface area contributed by atoms with Crippen LogP contribution >= 0.6 is 11.6 Å². The molecule has 1 heterocycles. The zero-order valence-corrected chi connectivity index (χ0v) is 12.2. The lowest BCUT2D eigenvalue weighted by molar-refractivity contribution is 0.529. The Morgan fingerprint density at radius 1 is 1.32 bits per heavy atom. The monoisotopic (exact) mass is 277 g/mol. The van der Waals surface area contributed by atoms with Crippen LogP contribution in [-0.4, -0.2) is 16.3 Å². The first-order valence-electron chi connectivity index (χ1n) is 6.65. The van der Waals surface area contributed by atoms with E-state index < -0.39 is 0 Å². The van der Waals surface area contributed by atoms with E-state index in [1.807, 2.05) is 30.1 Å². The molecule has 1 N–H and O–H groups in total. The molecule has 0 saturated carbocycles. The minimum Gasteiger partial charge on any atom is -0.310 e. The number of hydrogen-bond acceptors (Lipinski definition) is 2. The van der Waals surface area contributed by atoms with Crippen molar-refractivity contribution in [3.05, 3.63) is 52.8 Å². The molecule has 0 aliphatic carbocycles. The SMILES string of the molecule is CCCNC(Cc1cnn(C)c1)c1ccc(Cl)cc1. The summed E-state index contributed by atoms with van der Waals surface area (Å²) in [4.78, 5) is 0. The third kappa shape index (κ3) is 4.08. The Balaban J connectivity index is 2.13. The molecule has 0 bridgehead atoms. The summed E-state index contributed by atoms with van der Waals surface area (Å²) in [5.74, 6) is 0. The Morgan fingerprint density at radius 3 is 2.63 bits per heavy atom. The van der Waals surface area contributed by atoms with Gasteiger partial charge in [-0.1, -0.05) is 30.7 Å². The molecule has 0 amide bonds. The summed E-state index contributed by atoms with van der Waals surface area (Å²) >= 11 is 5.95. The van der Waals surface area contributed by atoms with Crippen LogP contribution in [-0.2, 0) is 13.5 Å². The fourth-order valence-corrected chi connectivity index (χ4v) is 2.26. The Hall–Kier alpha value is -1.32. The highest BCUT2D eigenvalue weighted by Crippen LogP contribution is 2.20. The summed E-state index contributed by atoms with van der Waals surface area (Å²) in [5, 5.41) is 8.59. The third-order valence-corrected chi connectivity index (χ3v) is 3.36. The third-order valence-electron chi connectivity index (χ3n) is 3.11. The van der Waals surface area contributed by atoms with Crippen molar-refractivity contribution in [3.63, 3.8) is 0 Å². The molecule has 4 heteroatoms. The summed E-state index contributed by atoms with van der Waals surface area (Å²) in [6.45, 7) is 3.18. The number of hydrogen-bond donors (Lipinski definition) is 1. The van der Waals surface area contributed by atoms with Gasteiger partial charge in [-0.05, 0) is 42.6 Å². The minimum atomic E-state index is 0.307. The molecule has 19 heavy (non-hydrogen) atoms. The van der Waals surface area contributed by atoms with Crippen LogP contribution in [0, 0.1) is 0 Å². The second-order valence-electron chi connectivity index (χ2n) is 4.78. The lowest BCUT2D eigenvalue weighted by Gasteiger charge is -2.18. The molecule has 0 spiro atoms. The van der Waals surface area contributed by atoms with E-state index in [4.69, 9.17) is 11.6 Å². The standard InChI is InChI=1S/C15H20ClN3/c1-3-8-17-15(9-12-10-18-19(2)11-12)13-4-6-14(16)7-5-13/h4-7,10-11,15,17H,3,8-9H2,1-2H3. The highest BCUT2D eigenvalue weighted by Gasteiger charge is 2.12. The first kappa shape index (κ1) is 14.1. The van der Waals surface area contributed by atoms with Gasteiger partial charge in [-0.2, -0.15) is 5.10 Å². The highest BCUT2D eigenvalue weighted by molar-refractivity contribution is 6.30. The molecular formula is C15H20ClN3. The summed E-state index contributed by atoms with van der Waals surface area (Å²) in [6, 6.07) is 8.38. The quantitative estimate of drug-likeness (QED) is 0.877. The topological polar surface area (TPSA) is 29.9 Å². The zero-order valence-electron chi connectivity index (χ0n) is 11.4. The summed E-state index contributed by atoms with van der Waals surface area (Å²) in [7, 11) is 1.94. The van der Waals surface area contributed by atoms with Crippen molar-refractivity contribution < 1.29 is 0 Å². The van der Waals surface area contributed by atoms with Crippen LogP contribution in [0.25, 0.3) is 0 Å². The van der Waals surface area contributed by atoms with Crippen molar-refractivity contribution in [2.75, 3.05) is 6.54 Å². The van der Waals surface area contributed by atoms with Crippen LogP contribution in [0.4, 0.5) is 0 Å². The van der Waals surface area contributed by atoms with Gasteiger partial charge in [0.2, 0.25) is 0 Å². The number of nitrogens with one attached hydrogen (secondary N) is 1. The lowest BCUT2D eigenvalue weighted by Crippen LogP contribution is -2.23. The van der Waals surface area contributed by atoms with Gasteiger partial charge in [-0.25, -0.2) is 0 Å². The minimum absolute atomic E-state index is 0.307. The number of nitrogens with zero attached hydrogens (tertiary/aromatic N) is 2. The predicted octanol–water partition coefficient (Wildman–Crippen LogP) is 3.36. The van der Waals surface area contributed by atoms with E-state index >= 15 is 0 Å². The molecule has 2 rings (SSSR count). The molecule has 1 aromatic heterocycles. The first-order chi connectivity index (χ1) is 9.19. The molecular weight excluding hydrogens is 258 g/mol. The van der Waals surface area contributed by atoms with Crippen LogP contribution in [0.1, 0.15) is 30.5 Å². The van der Waals surface area contributed by atoms with Crippen molar-refractivity contribution in [2.24, 2.45) is 7.05 Å². The van der Waals surface area contributed by atoms with E-state index in [2.05, 4.69) is 35.7 Å². The molecule has 3 nitrogen and oxygen atoms in total. The van der Waals surface area contributed by atoms with Crippen molar-refractivity contribution in [1.29, 1.82) is 0 Å². The molecule has 1 atom stereocenters. The van der Waals surface area contributed by atoms with Crippen LogP contribution < -0.4 is 5.32 Å². The fraction of sp³-hybridized carbons (Fsp3) is 0.400. The Kier molecular flexibility index (Phi) is 5.00. The lowest BCUT2D eigenvalue weighted by atomic mass is 10.0. The average Bonchev–Trinajstić information content (AvgIpc) is 2.81. The smallest absolute Gasteiger partial charge is 0.0522 e. The second kappa shape index (κ2) is 6.73. The van der Waals surface area contributed by atoms with E-state index in [-0.39, 0.29) is 0 Å². The van der Waals surface area contributed by atoms with Gasteiger partial charge in [-0.3, -0.25) is 4.68 Å². The maximum atomic E-state index is 5.95. The van der Waals surface area contributed by atoms with Crippen molar-refractivity contribution in [1.82, 2.24) is 15.1 Å². The van der Waals surface area contributed by atoms with E-state index in [9.17, 15) is 0 Å². The number of aryl methyl sites for hydroxylation is 1. The second-order valence-corrected chi connectivity index (χ2v) is 5.22. The molecule has 1 unspecified atom stereocenters. The molecule has 0 fully saturated rings. The molecule has 0 aliphatic rings. The van der Waals surface area contributed by atoms with Crippen LogP contribution in [0.3, 0.4) is 0 Å². The summed E-state index contributed by atoms with van der Waals surface area (Å²) in [6.07, 6.45) is 6.06. The fourth-order valence-electron chi connectivity index (χ4n) is 2.13. The Morgan fingerprint density at radius 2 is 2.05 bits per heavy atom. The maximum absolute atomic E-state index is 5.95. The van der Waals surface area contributed by atoms with Gasteiger partial charge in [0.1, 0.15) is 0 Å². The molecule has 0 saturated heterocycles. The zero-order chi connectivity index (χ0) is 13.7. The van der Waals surface area contributed by atoms with Crippen molar-refractivity contribution in [3.8, 4) is 0 Å². The maximum Gasteiger partial charge on any atom is 0.0522 e. The molecule has 2 aromatic rings. The van der Waals surface area contributed by atoms with Crippen molar-refractivity contribution in [2.45, 2.75) is 25.8 Å². The van der Waals surface area contributed by atoms with E-state index in [1.165, 1.54) is 11.1 Å². The predicted molar refractivity (Wildman–Crippen MR) is 79.4 cm³/mol. The van der Waals surface area contributed by atoms with Crippen LogP contribution in [0.2, 0.25) is 5.02 Å². The van der Waals surface area contributed by atoms with E-state index in [0.717, 1.165) is 24.4 Å². The summed E-state index contributed by atoms with van der Waals surface area (Å²) in [5.41, 5.74) is 2.51. The number of halogens is 1. The Labute approximate surface area is 119 Å². The van der Waals surface area contributed by atoms with Crippen LogP contribution in [0.15, 0.2) is 36.7 Å². The van der Waals surface area contributed by atoms with E-state index in [1.54, 1.807) is 0 Å². The van der Waals surface area contributed by atoms with Gasteiger partial charge in [0.25, 0.3) is 0 Å². The van der Waals surface area contributed by atoms with Crippen molar-refractivity contribution >= 4 is 11.6 Å². The first-order valence-corrected chi connectivity index (χ1v) is 7.03. The van der Waals surface area contributed by atoms with Gasteiger partial charge in [0.05, 0.1) is 6.20 Å². The number of benzene rings is 1. The van der Waals surface area contributed by atoms with Gasteiger partial charge >= 0.3 is 0 Å². The molecule has 0 radical (unpaired) electrons. The number of aromatic nitrogens is 2. The average molecular weight is 278 g/mol. The molecule has 102 valence electrons. The largest absolute Gasteiger partial charge is 0.310 e. The van der Waals surface area contributed by atoms with Gasteiger partial charge < -0.3 is 5.32 Å². The number of rotatable bonds is 6. The Bertz CT molecular complexity index is 504. The molecule has 0 aliphatic heterocycles. The van der Waals surface area contributed by atoms with E-state index in [0.29, 0.717) is 6.04 Å². The molecule has 1 aromatic carbocycles. The highest BCUT2D eigenvalue weighted by atomic mass is 35.5. The van der Waals surface area contributed by atoms with Gasteiger partial charge in [0, 0.05) is 24.3 Å². The van der Waals surface area contributed by atoms with Crippen LogP contribution in [0.5, 0.6) is 0 Å². The summed E-state index contributed by atoms with van der Waals surface area (Å²) < 4.78 is 1.84.